The zero-order valence-electron chi connectivity index (χ0n) is 9.91. The first-order valence-electron chi connectivity index (χ1n) is 5.91. The first-order chi connectivity index (χ1) is 7.59. The van der Waals surface area contributed by atoms with Gasteiger partial charge in [-0.2, -0.15) is 0 Å². The van der Waals surface area contributed by atoms with Crippen LogP contribution in [0.3, 0.4) is 0 Å². The highest BCUT2D eigenvalue weighted by atomic mass is 35.5. The van der Waals surface area contributed by atoms with Crippen molar-refractivity contribution in [2.45, 2.75) is 32.7 Å². The van der Waals surface area contributed by atoms with Crippen molar-refractivity contribution in [3.8, 4) is 0 Å². The lowest BCUT2D eigenvalue weighted by Crippen LogP contribution is -2.42. The van der Waals surface area contributed by atoms with Gasteiger partial charge in [-0.05, 0) is 43.9 Å². The smallest absolute Gasteiger partial charge is 0.0603 e. The first kappa shape index (κ1) is 11.6. The highest BCUT2D eigenvalue weighted by molar-refractivity contribution is 6.31. The van der Waals surface area contributed by atoms with E-state index in [-0.39, 0.29) is 0 Å². The Balaban J connectivity index is 2.29. The quantitative estimate of drug-likeness (QED) is 0.759. The summed E-state index contributed by atoms with van der Waals surface area (Å²) in [6, 6.07) is 6.34. The maximum Gasteiger partial charge on any atom is 0.0603 e. The lowest BCUT2D eigenvalue weighted by Gasteiger charge is -2.40. The Hall–Kier alpha value is -0.890. The Morgan fingerprint density at radius 2 is 2.12 bits per heavy atom. The number of nitrogen functional groups attached to an aromatic ring is 1. The standard InChI is InChI=1S/C13H19ClN2/c1-9-4-3-7-16(10(9)2)13-6-5-11(14)8-12(13)15/h5-6,8-10H,3-4,7,15H2,1-2H3. The molecule has 2 nitrogen and oxygen atoms in total. The molecule has 88 valence electrons. The monoisotopic (exact) mass is 238 g/mol. The third-order valence-corrected chi connectivity index (χ3v) is 3.91. The largest absolute Gasteiger partial charge is 0.397 e. The Kier molecular flexibility index (Phi) is 3.29. The highest BCUT2D eigenvalue weighted by Crippen LogP contribution is 2.33. The van der Waals surface area contributed by atoms with Crippen LogP contribution in [0.2, 0.25) is 5.02 Å². The molecule has 0 radical (unpaired) electrons. The minimum Gasteiger partial charge on any atom is -0.397 e. The van der Waals surface area contributed by atoms with E-state index in [1.807, 2.05) is 18.2 Å². The van der Waals surface area contributed by atoms with Gasteiger partial charge in [0.25, 0.3) is 0 Å². The van der Waals surface area contributed by atoms with E-state index in [4.69, 9.17) is 17.3 Å². The van der Waals surface area contributed by atoms with E-state index in [1.165, 1.54) is 12.8 Å². The molecule has 1 aromatic carbocycles. The fraction of sp³-hybridized carbons (Fsp3) is 0.538. The molecule has 1 aromatic rings. The molecule has 2 N–H and O–H groups in total. The molecule has 1 fully saturated rings. The van der Waals surface area contributed by atoms with E-state index in [2.05, 4.69) is 18.7 Å². The molecule has 16 heavy (non-hydrogen) atoms. The third kappa shape index (κ3) is 2.12. The topological polar surface area (TPSA) is 29.3 Å². The van der Waals surface area contributed by atoms with E-state index >= 15 is 0 Å². The van der Waals surface area contributed by atoms with Crippen LogP contribution < -0.4 is 10.6 Å². The molecule has 2 unspecified atom stereocenters. The van der Waals surface area contributed by atoms with Gasteiger partial charge in [-0.1, -0.05) is 18.5 Å². The second kappa shape index (κ2) is 4.54. The molecule has 2 atom stereocenters. The Morgan fingerprint density at radius 1 is 1.38 bits per heavy atom. The van der Waals surface area contributed by atoms with Gasteiger partial charge in [-0.3, -0.25) is 0 Å². The lowest BCUT2D eigenvalue weighted by molar-refractivity contribution is 0.364. The minimum absolute atomic E-state index is 0.553. The van der Waals surface area contributed by atoms with Gasteiger partial charge in [0.2, 0.25) is 0 Å². The summed E-state index contributed by atoms with van der Waals surface area (Å²) < 4.78 is 0. The van der Waals surface area contributed by atoms with Crippen molar-refractivity contribution in [2.24, 2.45) is 5.92 Å². The highest BCUT2D eigenvalue weighted by Gasteiger charge is 2.25. The number of hydrogen-bond donors (Lipinski definition) is 1. The maximum absolute atomic E-state index is 6.03. The molecular formula is C13H19ClN2. The van der Waals surface area contributed by atoms with Crippen LogP contribution in [0, 0.1) is 5.92 Å². The van der Waals surface area contributed by atoms with E-state index in [9.17, 15) is 0 Å². The van der Waals surface area contributed by atoms with Crippen molar-refractivity contribution in [3.63, 3.8) is 0 Å². The summed E-state index contributed by atoms with van der Waals surface area (Å²) in [5.41, 5.74) is 7.95. The van der Waals surface area contributed by atoms with Crippen molar-refractivity contribution < 1.29 is 0 Å². The van der Waals surface area contributed by atoms with Crippen LogP contribution in [0.25, 0.3) is 0 Å². The van der Waals surface area contributed by atoms with Crippen LogP contribution >= 0.6 is 11.6 Å². The predicted octanol–water partition coefficient (Wildman–Crippen LogP) is 3.55. The molecule has 0 saturated carbocycles. The zero-order chi connectivity index (χ0) is 11.7. The number of hydrogen-bond acceptors (Lipinski definition) is 2. The summed E-state index contributed by atoms with van der Waals surface area (Å²) in [5, 5.41) is 0.707. The molecule has 1 aliphatic rings. The normalized spacial score (nSPS) is 25.8. The molecule has 1 aliphatic heterocycles. The summed E-state index contributed by atoms with van der Waals surface area (Å²) in [5.74, 6) is 0.726. The number of anilines is 2. The summed E-state index contributed by atoms with van der Waals surface area (Å²) in [4.78, 5) is 2.40. The van der Waals surface area contributed by atoms with Crippen molar-refractivity contribution in [2.75, 3.05) is 17.2 Å². The summed E-state index contributed by atoms with van der Waals surface area (Å²) >= 11 is 5.92. The molecule has 0 bridgehead atoms. The van der Waals surface area contributed by atoms with Gasteiger partial charge in [0, 0.05) is 17.6 Å². The van der Waals surface area contributed by atoms with Gasteiger partial charge in [-0.15, -0.1) is 0 Å². The number of nitrogens with two attached hydrogens (primary N) is 1. The van der Waals surface area contributed by atoms with Gasteiger partial charge in [0.15, 0.2) is 0 Å². The fourth-order valence-corrected chi connectivity index (χ4v) is 2.64. The summed E-state index contributed by atoms with van der Waals surface area (Å²) in [7, 11) is 0. The van der Waals surface area contributed by atoms with Crippen molar-refractivity contribution in [1.29, 1.82) is 0 Å². The first-order valence-corrected chi connectivity index (χ1v) is 6.29. The number of piperidine rings is 1. The molecule has 3 heteroatoms. The van der Waals surface area contributed by atoms with Gasteiger partial charge in [-0.25, -0.2) is 0 Å². The molecule has 0 aromatic heterocycles. The van der Waals surface area contributed by atoms with Gasteiger partial charge < -0.3 is 10.6 Å². The molecular weight excluding hydrogens is 220 g/mol. The van der Waals surface area contributed by atoms with Crippen molar-refractivity contribution >= 4 is 23.0 Å². The van der Waals surface area contributed by atoms with Crippen LogP contribution in [0.15, 0.2) is 18.2 Å². The summed E-state index contributed by atoms with van der Waals surface area (Å²) in [6.45, 7) is 5.68. The summed E-state index contributed by atoms with van der Waals surface area (Å²) in [6.07, 6.45) is 2.55. The zero-order valence-corrected chi connectivity index (χ0v) is 10.7. The van der Waals surface area contributed by atoms with E-state index in [0.717, 1.165) is 23.8 Å². The predicted molar refractivity (Wildman–Crippen MR) is 71.1 cm³/mol. The number of nitrogens with zero attached hydrogens (tertiary/aromatic N) is 1. The van der Waals surface area contributed by atoms with Crippen LogP contribution in [-0.4, -0.2) is 12.6 Å². The van der Waals surface area contributed by atoms with Crippen LogP contribution in [0.5, 0.6) is 0 Å². The van der Waals surface area contributed by atoms with Crippen LogP contribution in [0.1, 0.15) is 26.7 Å². The van der Waals surface area contributed by atoms with Gasteiger partial charge in [0.05, 0.1) is 11.4 Å². The lowest BCUT2D eigenvalue weighted by atomic mass is 9.91. The van der Waals surface area contributed by atoms with Gasteiger partial charge in [0.1, 0.15) is 0 Å². The molecule has 1 heterocycles. The van der Waals surface area contributed by atoms with Crippen molar-refractivity contribution in [3.05, 3.63) is 23.2 Å². The number of benzene rings is 1. The van der Waals surface area contributed by atoms with E-state index in [0.29, 0.717) is 11.1 Å². The third-order valence-electron chi connectivity index (χ3n) is 3.67. The van der Waals surface area contributed by atoms with Crippen molar-refractivity contribution in [1.82, 2.24) is 0 Å². The van der Waals surface area contributed by atoms with Crippen LogP contribution in [0.4, 0.5) is 11.4 Å². The SMILES string of the molecule is CC1CCCN(c2ccc(Cl)cc2N)C1C. The van der Waals surface area contributed by atoms with E-state index < -0.39 is 0 Å². The number of halogens is 1. The second-order valence-electron chi connectivity index (χ2n) is 4.76. The Morgan fingerprint density at radius 3 is 2.81 bits per heavy atom. The Labute approximate surface area is 102 Å². The fourth-order valence-electron chi connectivity index (χ4n) is 2.46. The number of rotatable bonds is 1. The molecule has 0 spiro atoms. The molecule has 0 amide bonds. The molecule has 0 aliphatic carbocycles. The van der Waals surface area contributed by atoms with Gasteiger partial charge >= 0.3 is 0 Å². The minimum atomic E-state index is 0.553. The Bertz CT molecular complexity index is 378. The van der Waals surface area contributed by atoms with E-state index in [1.54, 1.807) is 0 Å². The van der Waals surface area contributed by atoms with Crippen LogP contribution in [-0.2, 0) is 0 Å². The average Bonchev–Trinajstić information content (AvgIpc) is 2.23. The molecule has 2 rings (SSSR count). The maximum atomic E-state index is 6.03. The second-order valence-corrected chi connectivity index (χ2v) is 5.19. The molecule has 1 saturated heterocycles. The average molecular weight is 239 g/mol.